The summed E-state index contributed by atoms with van der Waals surface area (Å²) in [5.74, 6) is 0.606. The minimum atomic E-state index is -2.63. The number of fused-ring (bicyclic) bond motifs is 1. The highest BCUT2D eigenvalue weighted by molar-refractivity contribution is 5.79. The number of Topliss-reactive ketones (excluding diaryl/α,β-unsaturated/α-hetero) is 1. The van der Waals surface area contributed by atoms with Crippen molar-refractivity contribution < 1.29 is 23.0 Å². The van der Waals surface area contributed by atoms with Crippen LogP contribution in [-0.4, -0.2) is 19.0 Å². The second-order valence-corrected chi connectivity index (χ2v) is 4.23. The maximum Gasteiger partial charge on any atom is 0.264 e. The van der Waals surface area contributed by atoms with Gasteiger partial charge in [-0.15, -0.1) is 0 Å². The number of carbonyl (C=O) groups is 1. The van der Waals surface area contributed by atoms with Crippen LogP contribution in [0.1, 0.15) is 30.9 Å². The van der Waals surface area contributed by atoms with Crippen LogP contribution in [0.4, 0.5) is 8.78 Å². The fourth-order valence-corrected chi connectivity index (χ4v) is 1.89. The average molecular weight is 256 g/mol. The molecule has 1 aliphatic rings. The predicted octanol–water partition coefficient (Wildman–Crippen LogP) is 2.92. The Hall–Kier alpha value is -1.65. The number of alkyl halides is 2. The van der Waals surface area contributed by atoms with Gasteiger partial charge in [-0.2, -0.15) is 0 Å². The second kappa shape index (κ2) is 5.33. The quantitative estimate of drug-likeness (QED) is 0.834. The zero-order valence-electron chi connectivity index (χ0n) is 10.0. The Kier molecular flexibility index (Phi) is 3.79. The molecule has 0 bridgehead atoms. The van der Waals surface area contributed by atoms with E-state index < -0.39 is 6.43 Å². The fourth-order valence-electron chi connectivity index (χ4n) is 1.89. The van der Waals surface area contributed by atoms with Gasteiger partial charge < -0.3 is 9.47 Å². The van der Waals surface area contributed by atoms with E-state index in [4.69, 9.17) is 9.47 Å². The number of hydrogen-bond donors (Lipinski definition) is 0. The Morgan fingerprint density at radius 3 is 2.44 bits per heavy atom. The molecule has 0 radical (unpaired) electrons. The van der Waals surface area contributed by atoms with Crippen LogP contribution in [0.3, 0.4) is 0 Å². The van der Waals surface area contributed by atoms with Gasteiger partial charge in [-0.25, -0.2) is 8.78 Å². The predicted molar refractivity (Wildman–Crippen MR) is 61.4 cm³/mol. The van der Waals surface area contributed by atoms with E-state index in [0.717, 1.165) is 0 Å². The van der Waals surface area contributed by atoms with Crippen molar-refractivity contribution in [3.05, 3.63) is 23.3 Å². The molecule has 0 saturated carbocycles. The summed E-state index contributed by atoms with van der Waals surface area (Å²) in [4.78, 5) is 11.1. The van der Waals surface area contributed by atoms with E-state index in [0.29, 0.717) is 36.7 Å². The Morgan fingerprint density at radius 1 is 1.28 bits per heavy atom. The SMILES string of the molecule is CC(=O)Cc1cc2c(cc1C(F)F)OCCCO2. The van der Waals surface area contributed by atoms with Gasteiger partial charge in [-0.3, -0.25) is 4.79 Å². The van der Waals surface area contributed by atoms with E-state index >= 15 is 0 Å². The fraction of sp³-hybridized carbons (Fsp3) is 0.462. The third-order valence-electron chi connectivity index (χ3n) is 2.68. The van der Waals surface area contributed by atoms with Gasteiger partial charge in [0.05, 0.1) is 13.2 Å². The minimum Gasteiger partial charge on any atom is -0.490 e. The van der Waals surface area contributed by atoms with Crippen molar-refractivity contribution >= 4 is 5.78 Å². The number of carbonyl (C=O) groups excluding carboxylic acids is 1. The smallest absolute Gasteiger partial charge is 0.264 e. The van der Waals surface area contributed by atoms with E-state index in [1.165, 1.54) is 19.1 Å². The molecular formula is C13H14F2O3. The first-order valence-corrected chi connectivity index (χ1v) is 5.78. The van der Waals surface area contributed by atoms with Crippen LogP contribution in [0.15, 0.2) is 12.1 Å². The molecule has 0 N–H and O–H groups in total. The molecule has 0 aromatic heterocycles. The highest BCUT2D eigenvalue weighted by atomic mass is 19.3. The molecular weight excluding hydrogens is 242 g/mol. The number of hydrogen-bond acceptors (Lipinski definition) is 3. The molecule has 0 amide bonds. The molecule has 3 nitrogen and oxygen atoms in total. The highest BCUT2D eigenvalue weighted by Gasteiger charge is 2.20. The Balaban J connectivity index is 2.43. The topological polar surface area (TPSA) is 35.5 Å². The summed E-state index contributed by atoms with van der Waals surface area (Å²) in [5.41, 5.74) is 0.149. The summed E-state index contributed by atoms with van der Waals surface area (Å²) < 4.78 is 36.7. The Morgan fingerprint density at radius 2 is 1.89 bits per heavy atom. The third kappa shape index (κ3) is 2.78. The Labute approximate surface area is 104 Å². The van der Waals surface area contributed by atoms with Crippen LogP contribution in [0.2, 0.25) is 0 Å². The van der Waals surface area contributed by atoms with Crippen molar-refractivity contribution in [3.63, 3.8) is 0 Å². The van der Waals surface area contributed by atoms with Crippen molar-refractivity contribution in [1.82, 2.24) is 0 Å². The van der Waals surface area contributed by atoms with Crippen LogP contribution in [0.25, 0.3) is 0 Å². The zero-order chi connectivity index (χ0) is 13.1. The van der Waals surface area contributed by atoms with Crippen molar-refractivity contribution in [2.24, 2.45) is 0 Å². The molecule has 1 heterocycles. The number of halogens is 2. The summed E-state index contributed by atoms with van der Waals surface area (Å²) in [5, 5.41) is 0. The number of benzene rings is 1. The second-order valence-electron chi connectivity index (χ2n) is 4.23. The maximum atomic E-state index is 12.9. The lowest BCUT2D eigenvalue weighted by atomic mass is 10.0. The standard InChI is InChI=1S/C13H14F2O3/c1-8(16)5-9-6-11-12(7-10(9)13(14)15)18-4-2-3-17-11/h6-7,13H,2-5H2,1H3. The van der Waals surface area contributed by atoms with Crippen LogP contribution in [-0.2, 0) is 11.2 Å². The molecule has 1 aromatic rings. The van der Waals surface area contributed by atoms with Crippen molar-refractivity contribution in [2.75, 3.05) is 13.2 Å². The number of rotatable bonds is 3. The van der Waals surface area contributed by atoms with Crippen LogP contribution in [0, 0.1) is 0 Å². The molecule has 98 valence electrons. The van der Waals surface area contributed by atoms with Gasteiger partial charge in [-0.05, 0) is 24.6 Å². The molecule has 0 atom stereocenters. The summed E-state index contributed by atoms with van der Waals surface area (Å²) in [6.07, 6.45) is -1.94. The van der Waals surface area contributed by atoms with Gasteiger partial charge >= 0.3 is 0 Å². The van der Waals surface area contributed by atoms with Crippen LogP contribution >= 0.6 is 0 Å². The first-order chi connectivity index (χ1) is 8.58. The van der Waals surface area contributed by atoms with Gasteiger partial charge in [0.15, 0.2) is 11.5 Å². The number of ketones is 1. The zero-order valence-corrected chi connectivity index (χ0v) is 10.0. The third-order valence-corrected chi connectivity index (χ3v) is 2.68. The molecule has 0 aliphatic carbocycles. The molecule has 0 unspecified atom stereocenters. The Bertz CT molecular complexity index is 458. The molecule has 0 saturated heterocycles. The lowest BCUT2D eigenvalue weighted by molar-refractivity contribution is -0.116. The van der Waals surface area contributed by atoms with Crippen LogP contribution in [0.5, 0.6) is 11.5 Å². The van der Waals surface area contributed by atoms with Crippen molar-refractivity contribution in [1.29, 1.82) is 0 Å². The van der Waals surface area contributed by atoms with Crippen molar-refractivity contribution in [2.45, 2.75) is 26.2 Å². The van der Waals surface area contributed by atoms with Gasteiger partial charge in [0.1, 0.15) is 5.78 Å². The summed E-state index contributed by atoms with van der Waals surface area (Å²) in [7, 11) is 0. The molecule has 5 heteroatoms. The minimum absolute atomic E-state index is 0.0175. The van der Waals surface area contributed by atoms with E-state index in [2.05, 4.69) is 0 Å². The lowest BCUT2D eigenvalue weighted by Crippen LogP contribution is -2.03. The van der Waals surface area contributed by atoms with E-state index in [1.807, 2.05) is 0 Å². The maximum absolute atomic E-state index is 12.9. The molecule has 0 spiro atoms. The number of ether oxygens (including phenoxy) is 2. The highest BCUT2D eigenvalue weighted by Crippen LogP contribution is 2.36. The van der Waals surface area contributed by atoms with Crippen molar-refractivity contribution in [3.8, 4) is 11.5 Å². The van der Waals surface area contributed by atoms with Gasteiger partial charge in [0, 0.05) is 18.4 Å². The normalized spacial score (nSPS) is 14.4. The van der Waals surface area contributed by atoms with Gasteiger partial charge in [0.2, 0.25) is 0 Å². The molecule has 0 fully saturated rings. The molecule has 1 aromatic carbocycles. The van der Waals surface area contributed by atoms with E-state index in [9.17, 15) is 13.6 Å². The van der Waals surface area contributed by atoms with E-state index in [1.54, 1.807) is 0 Å². The summed E-state index contributed by atoms with van der Waals surface area (Å²) >= 11 is 0. The molecule has 2 rings (SSSR count). The van der Waals surface area contributed by atoms with Gasteiger partial charge in [0.25, 0.3) is 6.43 Å². The molecule has 18 heavy (non-hydrogen) atoms. The largest absolute Gasteiger partial charge is 0.490 e. The van der Waals surface area contributed by atoms with E-state index in [-0.39, 0.29) is 17.8 Å². The first-order valence-electron chi connectivity index (χ1n) is 5.78. The van der Waals surface area contributed by atoms with Crippen LogP contribution < -0.4 is 9.47 Å². The lowest BCUT2D eigenvalue weighted by Gasteiger charge is -2.13. The van der Waals surface area contributed by atoms with Gasteiger partial charge in [-0.1, -0.05) is 0 Å². The average Bonchev–Trinajstić information content (AvgIpc) is 2.51. The first kappa shape index (κ1) is 12.8. The summed E-state index contributed by atoms with van der Waals surface area (Å²) in [6.45, 7) is 2.31. The monoisotopic (exact) mass is 256 g/mol. The summed E-state index contributed by atoms with van der Waals surface area (Å²) in [6, 6.07) is 2.77. The molecule has 1 aliphatic heterocycles.